The fourth-order valence-electron chi connectivity index (χ4n) is 2.44. The van der Waals surface area contributed by atoms with Gasteiger partial charge in [-0.05, 0) is 23.8 Å². The lowest BCUT2D eigenvalue weighted by molar-refractivity contribution is 0.0340. The summed E-state index contributed by atoms with van der Waals surface area (Å²) in [5, 5.41) is 0.643. The maximum absolute atomic E-state index is 6.14. The Morgan fingerprint density at radius 2 is 1.78 bits per heavy atom. The van der Waals surface area contributed by atoms with Crippen LogP contribution in [0.5, 0.6) is 5.75 Å². The van der Waals surface area contributed by atoms with Crippen LogP contribution >= 0.6 is 11.6 Å². The quantitative estimate of drug-likeness (QED) is 0.800. The molecule has 0 amide bonds. The number of rotatable bonds is 4. The van der Waals surface area contributed by atoms with Crippen LogP contribution in [-0.4, -0.2) is 20.3 Å². The molecule has 1 heterocycles. The number of hydrogen-bond acceptors (Lipinski definition) is 3. The summed E-state index contributed by atoms with van der Waals surface area (Å²) in [4.78, 5) is 0. The minimum absolute atomic E-state index is 0.0279. The van der Waals surface area contributed by atoms with Crippen LogP contribution in [0.1, 0.15) is 19.4 Å². The second-order valence-corrected chi connectivity index (χ2v) is 7.01. The van der Waals surface area contributed by atoms with E-state index in [2.05, 4.69) is 13.8 Å². The molecule has 1 saturated heterocycles. The summed E-state index contributed by atoms with van der Waals surface area (Å²) < 4.78 is 17.7. The first-order valence-corrected chi connectivity index (χ1v) is 8.11. The molecule has 0 unspecified atom stereocenters. The van der Waals surface area contributed by atoms with Gasteiger partial charge in [-0.3, -0.25) is 0 Å². The third-order valence-electron chi connectivity index (χ3n) is 3.71. The predicted molar refractivity (Wildman–Crippen MR) is 93.3 cm³/mol. The van der Waals surface area contributed by atoms with Crippen molar-refractivity contribution in [3.63, 3.8) is 0 Å². The van der Waals surface area contributed by atoms with Crippen molar-refractivity contribution in [2.75, 3.05) is 13.2 Å². The molecule has 0 aromatic heterocycles. The van der Waals surface area contributed by atoms with Crippen LogP contribution in [0.3, 0.4) is 0 Å². The molecule has 0 saturated carbocycles. The first kappa shape index (κ1) is 16.4. The van der Waals surface area contributed by atoms with Crippen molar-refractivity contribution >= 4 is 24.2 Å². The third kappa shape index (κ3) is 4.28. The maximum Gasteiger partial charge on any atom is 0.497 e. The lowest BCUT2D eigenvalue weighted by Crippen LogP contribution is -2.47. The molecule has 2 aromatic rings. The largest absolute Gasteiger partial charge is 0.497 e. The van der Waals surface area contributed by atoms with Crippen molar-refractivity contribution in [3.8, 4) is 5.75 Å². The van der Waals surface area contributed by atoms with Crippen molar-refractivity contribution in [2.24, 2.45) is 5.41 Å². The summed E-state index contributed by atoms with van der Waals surface area (Å²) in [6.45, 7) is 6.01. The summed E-state index contributed by atoms with van der Waals surface area (Å²) >= 11 is 6.14. The molecule has 1 aliphatic heterocycles. The van der Waals surface area contributed by atoms with Gasteiger partial charge in [-0.1, -0.05) is 55.8 Å². The van der Waals surface area contributed by atoms with Gasteiger partial charge < -0.3 is 14.0 Å². The van der Waals surface area contributed by atoms with Gasteiger partial charge in [0.1, 0.15) is 12.4 Å². The Balaban J connectivity index is 1.75. The van der Waals surface area contributed by atoms with Crippen LogP contribution < -0.4 is 10.2 Å². The van der Waals surface area contributed by atoms with E-state index in [-0.39, 0.29) is 5.41 Å². The van der Waals surface area contributed by atoms with Gasteiger partial charge in [0.2, 0.25) is 0 Å². The van der Waals surface area contributed by atoms with E-state index in [1.54, 1.807) is 0 Å². The third-order valence-corrected chi connectivity index (χ3v) is 3.95. The molecular formula is C18H20BClO3. The Bertz CT molecular complexity index is 651. The highest BCUT2D eigenvalue weighted by atomic mass is 35.5. The minimum Gasteiger partial charge on any atom is -0.489 e. The fourth-order valence-corrected chi connectivity index (χ4v) is 2.62. The molecule has 0 N–H and O–H groups in total. The molecule has 3 nitrogen and oxygen atoms in total. The average molecular weight is 331 g/mol. The Morgan fingerprint density at radius 1 is 1.09 bits per heavy atom. The molecule has 1 aliphatic rings. The molecule has 3 rings (SSSR count). The van der Waals surface area contributed by atoms with Crippen LogP contribution in [0.25, 0.3) is 0 Å². The number of halogens is 1. The lowest BCUT2D eigenvalue weighted by Gasteiger charge is -2.33. The zero-order chi connectivity index (χ0) is 16.3. The molecule has 2 aromatic carbocycles. The number of hydrogen-bond donors (Lipinski definition) is 0. The summed E-state index contributed by atoms with van der Waals surface area (Å²) in [5.41, 5.74) is 1.98. The van der Waals surface area contributed by atoms with E-state index in [0.29, 0.717) is 24.8 Å². The first-order chi connectivity index (χ1) is 11.0. The van der Waals surface area contributed by atoms with Crippen LogP contribution in [0.15, 0.2) is 48.5 Å². The number of benzene rings is 2. The minimum atomic E-state index is -0.438. The monoisotopic (exact) mass is 330 g/mol. The van der Waals surface area contributed by atoms with Gasteiger partial charge in [0.15, 0.2) is 0 Å². The topological polar surface area (TPSA) is 27.7 Å². The van der Waals surface area contributed by atoms with Crippen molar-refractivity contribution in [1.82, 2.24) is 0 Å². The fraction of sp³-hybridized carbons (Fsp3) is 0.333. The van der Waals surface area contributed by atoms with Gasteiger partial charge in [-0.2, -0.15) is 0 Å². The Labute approximate surface area is 142 Å². The highest BCUT2D eigenvalue weighted by molar-refractivity contribution is 6.62. The summed E-state index contributed by atoms with van der Waals surface area (Å²) in [7, 11) is -0.438. The Kier molecular flexibility index (Phi) is 4.95. The summed E-state index contributed by atoms with van der Waals surface area (Å²) in [5.74, 6) is 0.739. The molecule has 0 spiro atoms. The first-order valence-electron chi connectivity index (χ1n) is 7.73. The Hall–Kier alpha value is -1.49. The van der Waals surface area contributed by atoms with Gasteiger partial charge in [-0.25, -0.2) is 0 Å². The predicted octanol–water partition coefficient (Wildman–Crippen LogP) is 3.69. The van der Waals surface area contributed by atoms with Gasteiger partial charge in [0, 0.05) is 29.1 Å². The molecule has 0 radical (unpaired) electrons. The highest BCUT2D eigenvalue weighted by Crippen LogP contribution is 2.24. The van der Waals surface area contributed by atoms with Crippen LogP contribution in [0.4, 0.5) is 0 Å². The van der Waals surface area contributed by atoms with Crippen LogP contribution in [-0.2, 0) is 15.9 Å². The van der Waals surface area contributed by atoms with Gasteiger partial charge >= 0.3 is 7.12 Å². The zero-order valence-electron chi connectivity index (χ0n) is 13.4. The lowest BCUT2D eigenvalue weighted by atomic mass is 9.75. The van der Waals surface area contributed by atoms with E-state index in [1.807, 2.05) is 48.5 Å². The second-order valence-electron chi connectivity index (χ2n) is 6.57. The molecule has 0 bridgehead atoms. The molecule has 120 valence electrons. The smallest absolute Gasteiger partial charge is 0.489 e. The van der Waals surface area contributed by atoms with Crippen molar-refractivity contribution < 1.29 is 14.0 Å². The van der Waals surface area contributed by atoms with E-state index < -0.39 is 7.12 Å². The normalized spacial score (nSPS) is 17.1. The molecule has 1 fully saturated rings. The average Bonchev–Trinajstić information content (AvgIpc) is 2.55. The van der Waals surface area contributed by atoms with Crippen LogP contribution in [0, 0.1) is 5.41 Å². The van der Waals surface area contributed by atoms with Gasteiger partial charge in [0.05, 0.1) is 0 Å². The second kappa shape index (κ2) is 6.96. The molecule has 5 heteroatoms. The van der Waals surface area contributed by atoms with Crippen molar-refractivity contribution in [3.05, 3.63) is 59.1 Å². The van der Waals surface area contributed by atoms with Crippen LogP contribution in [0.2, 0.25) is 5.02 Å². The van der Waals surface area contributed by atoms with E-state index in [1.165, 1.54) is 0 Å². The van der Waals surface area contributed by atoms with Crippen molar-refractivity contribution in [1.29, 1.82) is 0 Å². The van der Waals surface area contributed by atoms with E-state index >= 15 is 0 Å². The van der Waals surface area contributed by atoms with Gasteiger partial charge in [-0.15, -0.1) is 0 Å². The highest BCUT2D eigenvalue weighted by Gasteiger charge is 2.35. The zero-order valence-corrected chi connectivity index (χ0v) is 14.2. The van der Waals surface area contributed by atoms with E-state index in [0.717, 1.165) is 16.8 Å². The maximum atomic E-state index is 6.14. The number of ether oxygens (including phenoxy) is 1. The SMILES string of the molecule is CC1(C)COB(c2cc(Cl)ccc2OCc2ccccc2)OC1. The van der Waals surface area contributed by atoms with E-state index in [4.69, 9.17) is 25.6 Å². The molecule has 0 aliphatic carbocycles. The van der Waals surface area contributed by atoms with Gasteiger partial charge in [0.25, 0.3) is 0 Å². The summed E-state index contributed by atoms with van der Waals surface area (Å²) in [6.07, 6.45) is 0. The molecule has 0 atom stereocenters. The standard InChI is InChI=1S/C18H20BClO3/c1-18(2)12-22-19(23-13-18)16-10-15(20)8-9-17(16)21-11-14-6-4-3-5-7-14/h3-10H,11-13H2,1-2H3. The molecular weight excluding hydrogens is 310 g/mol. The van der Waals surface area contributed by atoms with E-state index in [9.17, 15) is 0 Å². The van der Waals surface area contributed by atoms with Crippen molar-refractivity contribution in [2.45, 2.75) is 20.5 Å². The summed E-state index contributed by atoms with van der Waals surface area (Å²) in [6, 6.07) is 15.6. The Morgan fingerprint density at radius 3 is 2.48 bits per heavy atom. The molecule has 23 heavy (non-hydrogen) atoms.